The third kappa shape index (κ3) is 4.26. The zero-order chi connectivity index (χ0) is 22.8. The molecule has 0 radical (unpaired) electrons. The number of rotatable bonds is 4. The fourth-order valence-electron chi connectivity index (χ4n) is 3.65. The van der Waals surface area contributed by atoms with Crippen LogP contribution in [0.15, 0.2) is 103 Å². The van der Waals surface area contributed by atoms with Crippen LogP contribution >= 0.6 is 0 Å². The largest absolute Gasteiger partial charge is 0.228 e. The van der Waals surface area contributed by atoms with Crippen molar-refractivity contribution in [3.05, 3.63) is 121 Å². The third-order valence-electron chi connectivity index (χ3n) is 5.30. The van der Waals surface area contributed by atoms with E-state index in [2.05, 4.69) is 4.98 Å². The van der Waals surface area contributed by atoms with Crippen molar-refractivity contribution in [1.29, 1.82) is 0 Å². The maximum atomic E-state index is 14.0. The molecular formula is C28H17F3N2. The molecule has 5 rings (SSSR count). The Hall–Kier alpha value is -4.25. The number of nitrogens with zero attached hydrogens (tertiary/aromatic N) is 2. The lowest BCUT2D eigenvalue weighted by Crippen LogP contribution is -1.98. The molecule has 4 aromatic carbocycles. The summed E-state index contributed by atoms with van der Waals surface area (Å²) in [6.07, 6.45) is 0. The Morgan fingerprint density at radius 1 is 0.424 bits per heavy atom. The van der Waals surface area contributed by atoms with Crippen LogP contribution in [0.25, 0.3) is 45.0 Å². The summed E-state index contributed by atoms with van der Waals surface area (Å²) >= 11 is 0. The second-order valence-corrected chi connectivity index (χ2v) is 7.53. The topological polar surface area (TPSA) is 25.8 Å². The van der Waals surface area contributed by atoms with Crippen molar-refractivity contribution in [3.63, 3.8) is 0 Å². The Bertz CT molecular complexity index is 1410. The molecule has 2 nitrogen and oxygen atoms in total. The Morgan fingerprint density at radius 3 is 1.58 bits per heavy atom. The van der Waals surface area contributed by atoms with Crippen LogP contribution in [-0.4, -0.2) is 9.97 Å². The molecule has 5 heteroatoms. The van der Waals surface area contributed by atoms with E-state index in [0.29, 0.717) is 17.2 Å². The van der Waals surface area contributed by atoms with Crippen LogP contribution in [0.1, 0.15) is 0 Å². The molecule has 0 atom stereocenters. The first-order chi connectivity index (χ1) is 16.1. The number of hydrogen-bond acceptors (Lipinski definition) is 2. The van der Waals surface area contributed by atoms with Gasteiger partial charge in [-0.2, -0.15) is 0 Å². The van der Waals surface area contributed by atoms with Crippen molar-refractivity contribution in [2.75, 3.05) is 0 Å². The normalized spacial score (nSPS) is 10.9. The third-order valence-corrected chi connectivity index (χ3v) is 5.30. The van der Waals surface area contributed by atoms with Gasteiger partial charge in [-0.1, -0.05) is 78.9 Å². The minimum atomic E-state index is -1.51. The summed E-state index contributed by atoms with van der Waals surface area (Å²) in [7, 11) is 0. The summed E-state index contributed by atoms with van der Waals surface area (Å²) in [5.41, 5.74) is 4.64. The Morgan fingerprint density at radius 2 is 0.939 bits per heavy atom. The lowest BCUT2D eigenvalue weighted by molar-refractivity contribution is 0.447. The quantitative estimate of drug-likeness (QED) is 0.271. The van der Waals surface area contributed by atoms with Crippen LogP contribution in [0.3, 0.4) is 0 Å². The van der Waals surface area contributed by atoms with Gasteiger partial charge in [0.2, 0.25) is 0 Å². The van der Waals surface area contributed by atoms with E-state index in [1.165, 1.54) is 0 Å². The molecule has 5 aromatic rings. The number of halogens is 3. The summed E-state index contributed by atoms with van der Waals surface area (Å²) in [4.78, 5) is 9.25. The molecule has 0 aliphatic rings. The van der Waals surface area contributed by atoms with Crippen molar-refractivity contribution in [2.45, 2.75) is 0 Å². The van der Waals surface area contributed by atoms with E-state index in [0.717, 1.165) is 34.4 Å². The van der Waals surface area contributed by atoms with Crippen LogP contribution in [0.4, 0.5) is 13.2 Å². The smallest absolute Gasteiger partial charge is 0.194 e. The van der Waals surface area contributed by atoms with Gasteiger partial charge in [0, 0.05) is 16.7 Å². The molecular weight excluding hydrogens is 421 g/mol. The van der Waals surface area contributed by atoms with Crippen molar-refractivity contribution in [2.24, 2.45) is 0 Å². The Balaban J connectivity index is 1.69. The van der Waals surface area contributed by atoms with Crippen molar-refractivity contribution in [1.82, 2.24) is 9.97 Å². The van der Waals surface area contributed by atoms with Gasteiger partial charge in [-0.25, -0.2) is 23.1 Å². The lowest BCUT2D eigenvalue weighted by Gasteiger charge is -2.11. The average Bonchev–Trinajstić information content (AvgIpc) is 2.88. The highest BCUT2D eigenvalue weighted by molar-refractivity contribution is 5.75. The zero-order valence-electron chi connectivity index (χ0n) is 17.3. The van der Waals surface area contributed by atoms with E-state index in [9.17, 15) is 13.2 Å². The minimum absolute atomic E-state index is 0.131. The van der Waals surface area contributed by atoms with Crippen LogP contribution in [0.5, 0.6) is 0 Å². The summed E-state index contributed by atoms with van der Waals surface area (Å²) in [5.74, 6) is -3.64. The molecule has 0 aliphatic heterocycles. The molecule has 33 heavy (non-hydrogen) atoms. The van der Waals surface area contributed by atoms with Crippen LogP contribution in [0.2, 0.25) is 0 Å². The molecule has 0 aliphatic carbocycles. The maximum absolute atomic E-state index is 14.0. The van der Waals surface area contributed by atoms with Crippen molar-refractivity contribution in [3.8, 4) is 45.0 Å². The minimum Gasteiger partial charge on any atom is -0.228 e. The number of aromatic nitrogens is 2. The summed E-state index contributed by atoms with van der Waals surface area (Å²) in [6, 6.07) is 30.6. The van der Waals surface area contributed by atoms with Gasteiger partial charge in [0.25, 0.3) is 0 Å². The van der Waals surface area contributed by atoms with E-state index in [4.69, 9.17) is 4.98 Å². The standard InChI is InChI=1S/C28H17F3N2/c29-23-15-22(16-24(30)27(23)31)26-17-25(32-28(33-26)19-10-5-2-6-11-19)21-13-7-12-20(14-21)18-8-3-1-4-9-18/h1-17H. The molecule has 0 unspecified atom stereocenters. The van der Waals surface area contributed by atoms with Gasteiger partial charge in [0.1, 0.15) is 0 Å². The first-order valence-corrected chi connectivity index (χ1v) is 10.3. The van der Waals surface area contributed by atoms with E-state index in [-0.39, 0.29) is 5.56 Å². The maximum Gasteiger partial charge on any atom is 0.194 e. The van der Waals surface area contributed by atoms with E-state index >= 15 is 0 Å². The van der Waals surface area contributed by atoms with Crippen molar-refractivity contribution < 1.29 is 13.2 Å². The first-order valence-electron chi connectivity index (χ1n) is 10.3. The molecule has 0 amide bonds. The van der Waals surface area contributed by atoms with Crippen LogP contribution < -0.4 is 0 Å². The molecule has 1 heterocycles. The highest BCUT2D eigenvalue weighted by Gasteiger charge is 2.15. The highest BCUT2D eigenvalue weighted by atomic mass is 19.2. The van der Waals surface area contributed by atoms with Gasteiger partial charge in [-0.3, -0.25) is 0 Å². The molecule has 0 saturated carbocycles. The van der Waals surface area contributed by atoms with E-state index < -0.39 is 17.5 Å². The second kappa shape index (κ2) is 8.71. The molecule has 0 bridgehead atoms. The first kappa shape index (κ1) is 20.6. The van der Waals surface area contributed by atoms with E-state index in [1.807, 2.05) is 84.9 Å². The van der Waals surface area contributed by atoms with Gasteiger partial charge >= 0.3 is 0 Å². The summed E-state index contributed by atoms with van der Waals surface area (Å²) in [6.45, 7) is 0. The van der Waals surface area contributed by atoms with Gasteiger partial charge in [0.05, 0.1) is 11.4 Å². The van der Waals surface area contributed by atoms with Gasteiger partial charge in [-0.15, -0.1) is 0 Å². The molecule has 0 N–H and O–H groups in total. The number of benzene rings is 4. The Labute approximate surface area is 189 Å². The highest BCUT2D eigenvalue weighted by Crippen LogP contribution is 2.31. The lowest BCUT2D eigenvalue weighted by atomic mass is 10.0. The fraction of sp³-hybridized carbons (Fsp3) is 0. The molecule has 160 valence electrons. The summed E-state index contributed by atoms with van der Waals surface area (Å²) < 4.78 is 41.4. The van der Waals surface area contributed by atoms with Gasteiger partial charge in [-0.05, 0) is 35.4 Å². The van der Waals surface area contributed by atoms with Crippen molar-refractivity contribution >= 4 is 0 Å². The SMILES string of the molecule is Fc1cc(-c2cc(-c3cccc(-c4ccccc4)c3)nc(-c3ccccc3)n2)cc(F)c1F. The second-order valence-electron chi connectivity index (χ2n) is 7.53. The summed E-state index contributed by atoms with van der Waals surface area (Å²) in [5, 5.41) is 0. The predicted molar refractivity (Wildman–Crippen MR) is 124 cm³/mol. The molecule has 1 aromatic heterocycles. The van der Waals surface area contributed by atoms with Crippen LogP contribution in [-0.2, 0) is 0 Å². The average molecular weight is 438 g/mol. The van der Waals surface area contributed by atoms with Gasteiger partial charge < -0.3 is 0 Å². The Kier molecular flexibility index (Phi) is 5.45. The van der Waals surface area contributed by atoms with Gasteiger partial charge in [0.15, 0.2) is 23.3 Å². The molecule has 0 fully saturated rings. The zero-order valence-corrected chi connectivity index (χ0v) is 17.3. The van der Waals surface area contributed by atoms with Crippen LogP contribution in [0, 0.1) is 17.5 Å². The monoisotopic (exact) mass is 438 g/mol. The van der Waals surface area contributed by atoms with E-state index in [1.54, 1.807) is 6.07 Å². The molecule has 0 spiro atoms. The molecule has 0 saturated heterocycles. The fourth-order valence-corrected chi connectivity index (χ4v) is 3.65. The number of hydrogen-bond donors (Lipinski definition) is 0. The predicted octanol–water partition coefficient (Wildman–Crippen LogP) is 7.56.